The van der Waals surface area contributed by atoms with E-state index >= 15 is 0 Å². The summed E-state index contributed by atoms with van der Waals surface area (Å²) in [5, 5.41) is 3.25. The topological polar surface area (TPSA) is 55.1 Å². The predicted molar refractivity (Wildman–Crippen MR) is 77.0 cm³/mol. The molecule has 0 saturated carbocycles. The highest BCUT2D eigenvalue weighted by molar-refractivity contribution is 9.10. The highest BCUT2D eigenvalue weighted by Crippen LogP contribution is 2.21. The molecule has 0 fully saturated rings. The second-order valence-electron chi connectivity index (χ2n) is 4.17. The quantitative estimate of drug-likeness (QED) is 0.887. The zero-order valence-electron chi connectivity index (χ0n) is 9.59. The number of amides is 1. The molecule has 1 aromatic rings. The predicted octanol–water partition coefficient (Wildman–Crippen LogP) is 2.99. The van der Waals surface area contributed by atoms with Crippen LogP contribution in [0.1, 0.15) is 24.2 Å². The van der Waals surface area contributed by atoms with E-state index in [0.29, 0.717) is 17.1 Å². The summed E-state index contributed by atoms with van der Waals surface area (Å²) in [5.41, 5.74) is 5.54. The summed E-state index contributed by atoms with van der Waals surface area (Å²) >= 11 is 9.25. The largest absolute Gasteiger partial charge is 0.346 e. The first-order chi connectivity index (χ1) is 7.35. The van der Waals surface area contributed by atoms with Crippen LogP contribution < -0.4 is 11.1 Å². The molecule has 1 amide bonds. The fraction of sp³-hybridized carbons (Fsp3) is 0.364. The molecule has 0 bridgehead atoms. The highest BCUT2D eigenvalue weighted by atomic mass is 79.9. The minimum absolute atomic E-state index is 0. The van der Waals surface area contributed by atoms with Gasteiger partial charge in [0, 0.05) is 16.6 Å². The first-order valence-corrected chi connectivity index (χ1v) is 6.00. The number of benzene rings is 1. The van der Waals surface area contributed by atoms with E-state index in [4.69, 9.17) is 17.3 Å². The van der Waals surface area contributed by atoms with Crippen LogP contribution in [-0.2, 0) is 0 Å². The number of hydrogen-bond acceptors (Lipinski definition) is 2. The van der Waals surface area contributed by atoms with Crippen LogP contribution in [0.2, 0.25) is 5.02 Å². The maximum absolute atomic E-state index is 11.9. The van der Waals surface area contributed by atoms with Crippen molar-refractivity contribution in [1.29, 1.82) is 0 Å². The molecule has 6 heteroatoms. The third-order valence-corrected chi connectivity index (χ3v) is 2.96. The van der Waals surface area contributed by atoms with E-state index in [1.54, 1.807) is 18.2 Å². The average Bonchev–Trinajstić information content (AvgIpc) is 2.21. The Morgan fingerprint density at radius 3 is 2.65 bits per heavy atom. The number of carbonyl (C=O) groups excluding carboxylic acids is 1. The normalized spacial score (nSPS) is 10.6. The maximum atomic E-state index is 11.9. The van der Waals surface area contributed by atoms with E-state index in [1.807, 2.05) is 13.8 Å². The van der Waals surface area contributed by atoms with Gasteiger partial charge < -0.3 is 11.1 Å². The van der Waals surface area contributed by atoms with Gasteiger partial charge in [-0.05, 0) is 32.0 Å². The lowest BCUT2D eigenvalue weighted by Gasteiger charge is -2.24. The van der Waals surface area contributed by atoms with Crippen molar-refractivity contribution in [2.75, 3.05) is 6.54 Å². The molecule has 17 heavy (non-hydrogen) atoms. The number of hydrogen-bond donors (Lipinski definition) is 2. The van der Waals surface area contributed by atoms with Gasteiger partial charge >= 0.3 is 0 Å². The summed E-state index contributed by atoms with van der Waals surface area (Å²) in [6.45, 7) is 4.08. The van der Waals surface area contributed by atoms with Crippen molar-refractivity contribution in [3.63, 3.8) is 0 Å². The molecule has 3 N–H and O–H groups in total. The molecule has 0 unspecified atom stereocenters. The standard InChI is InChI=1S/C11H14BrClN2O.ClH/c1-11(2,6-14)15-10(16)8-5-7(12)3-4-9(8)13;/h3-5H,6,14H2,1-2H3,(H,15,16);1H. The zero-order valence-corrected chi connectivity index (χ0v) is 12.7. The van der Waals surface area contributed by atoms with Crippen LogP contribution in [0.5, 0.6) is 0 Å². The third-order valence-electron chi connectivity index (χ3n) is 2.14. The second-order valence-corrected chi connectivity index (χ2v) is 5.49. The maximum Gasteiger partial charge on any atom is 0.253 e. The van der Waals surface area contributed by atoms with Crippen LogP contribution in [0.25, 0.3) is 0 Å². The molecule has 0 aliphatic carbocycles. The molecule has 0 aromatic heterocycles. The molecule has 3 nitrogen and oxygen atoms in total. The van der Waals surface area contributed by atoms with Crippen molar-refractivity contribution < 1.29 is 4.79 Å². The summed E-state index contributed by atoms with van der Waals surface area (Å²) in [4.78, 5) is 11.9. The van der Waals surface area contributed by atoms with Gasteiger partial charge in [-0.2, -0.15) is 0 Å². The van der Waals surface area contributed by atoms with Crippen molar-refractivity contribution in [1.82, 2.24) is 5.32 Å². The van der Waals surface area contributed by atoms with Crippen LogP contribution in [-0.4, -0.2) is 18.0 Å². The summed E-state index contributed by atoms with van der Waals surface area (Å²) < 4.78 is 0.813. The van der Waals surface area contributed by atoms with E-state index < -0.39 is 5.54 Å². The molecular weight excluding hydrogens is 327 g/mol. The number of carbonyl (C=O) groups is 1. The van der Waals surface area contributed by atoms with E-state index in [2.05, 4.69) is 21.2 Å². The Kier molecular flexibility index (Phi) is 6.48. The first kappa shape index (κ1) is 16.7. The molecule has 0 radical (unpaired) electrons. The second kappa shape index (κ2) is 6.59. The lowest BCUT2D eigenvalue weighted by atomic mass is 10.1. The van der Waals surface area contributed by atoms with Gasteiger partial charge in [-0.15, -0.1) is 12.4 Å². The van der Waals surface area contributed by atoms with Crippen molar-refractivity contribution in [3.8, 4) is 0 Å². The molecule has 0 aliphatic rings. The molecular formula is C11H15BrCl2N2O. The van der Waals surface area contributed by atoms with Gasteiger partial charge in [0.25, 0.3) is 5.91 Å². The lowest BCUT2D eigenvalue weighted by molar-refractivity contribution is 0.0916. The summed E-state index contributed by atoms with van der Waals surface area (Å²) in [6, 6.07) is 5.15. The van der Waals surface area contributed by atoms with E-state index in [-0.39, 0.29) is 18.3 Å². The number of halogens is 3. The first-order valence-electron chi connectivity index (χ1n) is 4.83. The molecule has 1 rings (SSSR count). The fourth-order valence-corrected chi connectivity index (χ4v) is 1.66. The van der Waals surface area contributed by atoms with Crippen LogP contribution in [0.3, 0.4) is 0 Å². The van der Waals surface area contributed by atoms with Crippen molar-refractivity contribution in [3.05, 3.63) is 33.3 Å². The molecule has 0 atom stereocenters. The molecule has 0 heterocycles. The minimum atomic E-state index is -0.442. The van der Waals surface area contributed by atoms with Gasteiger partial charge in [-0.25, -0.2) is 0 Å². The van der Waals surface area contributed by atoms with Crippen molar-refractivity contribution in [2.24, 2.45) is 5.73 Å². The van der Waals surface area contributed by atoms with Crippen LogP contribution in [0.4, 0.5) is 0 Å². The van der Waals surface area contributed by atoms with Crippen molar-refractivity contribution >= 4 is 45.8 Å². The Labute approximate surface area is 121 Å². The fourth-order valence-electron chi connectivity index (χ4n) is 1.10. The van der Waals surface area contributed by atoms with Crippen LogP contribution >= 0.6 is 39.9 Å². The Balaban J connectivity index is 0.00000256. The Bertz CT molecular complexity index is 410. The molecule has 0 spiro atoms. The van der Waals surface area contributed by atoms with Gasteiger partial charge in [-0.1, -0.05) is 27.5 Å². The lowest BCUT2D eigenvalue weighted by Crippen LogP contribution is -2.48. The smallest absolute Gasteiger partial charge is 0.253 e. The van der Waals surface area contributed by atoms with Gasteiger partial charge in [0.05, 0.1) is 10.6 Å². The summed E-state index contributed by atoms with van der Waals surface area (Å²) in [6.07, 6.45) is 0. The highest BCUT2D eigenvalue weighted by Gasteiger charge is 2.20. The van der Waals surface area contributed by atoms with Gasteiger partial charge in [0.15, 0.2) is 0 Å². The van der Waals surface area contributed by atoms with Gasteiger partial charge in [-0.3, -0.25) is 4.79 Å². The zero-order chi connectivity index (χ0) is 12.3. The van der Waals surface area contributed by atoms with Gasteiger partial charge in [0.2, 0.25) is 0 Å². The number of nitrogens with two attached hydrogens (primary N) is 1. The Morgan fingerprint density at radius 2 is 2.12 bits per heavy atom. The van der Waals surface area contributed by atoms with Gasteiger partial charge in [0.1, 0.15) is 0 Å². The summed E-state index contributed by atoms with van der Waals surface area (Å²) in [5.74, 6) is -0.221. The molecule has 0 aliphatic heterocycles. The van der Waals surface area contributed by atoms with Crippen LogP contribution in [0, 0.1) is 0 Å². The monoisotopic (exact) mass is 340 g/mol. The molecule has 96 valence electrons. The third kappa shape index (κ3) is 4.84. The minimum Gasteiger partial charge on any atom is -0.346 e. The van der Waals surface area contributed by atoms with Crippen molar-refractivity contribution in [2.45, 2.75) is 19.4 Å². The average molecular weight is 342 g/mol. The van der Waals surface area contributed by atoms with E-state index in [9.17, 15) is 4.79 Å². The Morgan fingerprint density at radius 1 is 1.53 bits per heavy atom. The number of rotatable bonds is 3. The Hall–Kier alpha value is -0.290. The summed E-state index contributed by atoms with van der Waals surface area (Å²) in [7, 11) is 0. The van der Waals surface area contributed by atoms with Crippen LogP contribution in [0.15, 0.2) is 22.7 Å². The SMILES string of the molecule is CC(C)(CN)NC(=O)c1cc(Br)ccc1Cl.Cl. The molecule has 1 aromatic carbocycles. The van der Waals surface area contributed by atoms with E-state index in [1.165, 1.54) is 0 Å². The number of nitrogens with one attached hydrogen (secondary N) is 1. The molecule has 0 saturated heterocycles. The van der Waals surface area contributed by atoms with E-state index in [0.717, 1.165) is 4.47 Å².